The van der Waals surface area contributed by atoms with Crippen molar-refractivity contribution in [2.45, 2.75) is 13.8 Å². The summed E-state index contributed by atoms with van der Waals surface area (Å²) in [4.78, 5) is 9.60. The topological polar surface area (TPSA) is 13.0 Å². The first kappa shape index (κ1) is 40.9. The van der Waals surface area contributed by atoms with Gasteiger partial charge in [0.2, 0.25) is 0 Å². The Balaban J connectivity index is 1.19. The summed E-state index contributed by atoms with van der Waals surface area (Å²) in [6, 6.07) is 85.8. The number of halogens is 1. The van der Waals surface area contributed by atoms with Crippen molar-refractivity contribution >= 4 is 91.3 Å². The molecule has 4 nitrogen and oxygen atoms in total. The van der Waals surface area contributed by atoms with Crippen molar-refractivity contribution < 1.29 is 4.39 Å². The van der Waals surface area contributed by atoms with Gasteiger partial charge in [-0.25, -0.2) is 4.39 Å². The Hall–Kier alpha value is -8.61. The van der Waals surface area contributed by atoms with Crippen LogP contribution in [-0.4, -0.2) is 6.71 Å². The summed E-state index contributed by atoms with van der Waals surface area (Å²) in [5, 5.41) is 0. The standard InChI is InChI=1S/C62H46BFN4/c1-43-23-31-52(32-24-43)67-58-37-35-54(65(48-15-7-3-8-16-48)49-17-9-4-10-18-49)41-56(58)63-57-42-55(66(50-19-11-5-12-20-50)51-21-13-6-14-22-51)36-38-59(57)68(53-33-25-44(2)26-34-53)61-40-46(39-60(67)62(61)63)45-27-29-47(64)30-28-45/h3-42H,1-2H3. The van der Waals surface area contributed by atoms with Crippen LogP contribution < -0.4 is 36.0 Å². The van der Waals surface area contributed by atoms with Crippen LogP contribution >= 0.6 is 0 Å². The monoisotopic (exact) mass is 876 g/mol. The maximum absolute atomic E-state index is 14.6. The molecule has 2 aliphatic rings. The molecule has 12 rings (SSSR count). The third kappa shape index (κ3) is 7.18. The predicted molar refractivity (Wildman–Crippen MR) is 285 cm³/mol. The zero-order valence-corrected chi connectivity index (χ0v) is 37.8. The second-order valence-electron chi connectivity index (χ2n) is 17.7. The molecule has 0 bridgehead atoms. The Morgan fingerprint density at radius 2 is 0.706 bits per heavy atom. The zero-order chi connectivity index (χ0) is 45.7. The number of hydrogen-bond acceptors (Lipinski definition) is 4. The Labute approximate surface area is 398 Å². The Morgan fingerprint density at radius 3 is 1.07 bits per heavy atom. The van der Waals surface area contributed by atoms with E-state index >= 15 is 0 Å². The van der Waals surface area contributed by atoms with Gasteiger partial charge < -0.3 is 19.6 Å². The fourth-order valence-electron chi connectivity index (χ4n) is 10.2. The highest BCUT2D eigenvalue weighted by molar-refractivity contribution is 7.00. The van der Waals surface area contributed by atoms with Crippen LogP contribution in [0.2, 0.25) is 0 Å². The van der Waals surface area contributed by atoms with Crippen LogP contribution in [0, 0.1) is 19.7 Å². The lowest BCUT2D eigenvalue weighted by atomic mass is 9.33. The predicted octanol–water partition coefficient (Wildman–Crippen LogP) is 15.1. The van der Waals surface area contributed by atoms with Crippen LogP contribution in [-0.2, 0) is 0 Å². The molecular weight excluding hydrogens is 831 g/mol. The summed E-state index contributed by atoms with van der Waals surface area (Å²) in [6.07, 6.45) is 0. The number of aryl methyl sites for hydroxylation is 2. The van der Waals surface area contributed by atoms with E-state index in [4.69, 9.17) is 0 Å². The fraction of sp³-hybridized carbons (Fsp3) is 0.0323. The average molecular weight is 877 g/mol. The smallest absolute Gasteiger partial charge is 0.252 e. The van der Waals surface area contributed by atoms with E-state index in [1.165, 1.54) is 27.5 Å². The van der Waals surface area contributed by atoms with Crippen molar-refractivity contribution in [3.63, 3.8) is 0 Å². The van der Waals surface area contributed by atoms with E-state index in [1.807, 2.05) is 12.1 Å². The summed E-state index contributed by atoms with van der Waals surface area (Å²) in [6.45, 7) is 4.08. The molecule has 0 amide bonds. The van der Waals surface area contributed by atoms with E-state index in [9.17, 15) is 4.39 Å². The Bertz CT molecular complexity index is 3140. The van der Waals surface area contributed by atoms with Gasteiger partial charge in [0.1, 0.15) is 5.82 Å². The van der Waals surface area contributed by atoms with Gasteiger partial charge in [-0.1, -0.05) is 120 Å². The fourth-order valence-corrected chi connectivity index (χ4v) is 10.2. The van der Waals surface area contributed by atoms with E-state index in [0.29, 0.717) is 0 Å². The van der Waals surface area contributed by atoms with Gasteiger partial charge in [0, 0.05) is 68.2 Å². The molecule has 0 saturated heterocycles. The van der Waals surface area contributed by atoms with Crippen LogP contribution in [0.4, 0.5) is 72.6 Å². The maximum atomic E-state index is 14.6. The largest absolute Gasteiger partial charge is 0.311 e. The highest BCUT2D eigenvalue weighted by Crippen LogP contribution is 2.48. The quantitative estimate of drug-likeness (QED) is 0.134. The molecule has 10 aromatic carbocycles. The number of nitrogens with zero attached hydrogens (tertiary/aromatic N) is 4. The van der Waals surface area contributed by atoms with E-state index in [1.54, 1.807) is 12.1 Å². The first-order chi connectivity index (χ1) is 33.5. The second kappa shape index (κ2) is 17.0. The molecule has 0 spiro atoms. The zero-order valence-electron chi connectivity index (χ0n) is 37.8. The van der Waals surface area contributed by atoms with Crippen LogP contribution in [0.25, 0.3) is 11.1 Å². The van der Waals surface area contributed by atoms with Gasteiger partial charge in [-0.3, -0.25) is 0 Å². The highest BCUT2D eigenvalue weighted by atomic mass is 19.1. The van der Waals surface area contributed by atoms with Crippen LogP contribution in [0.15, 0.2) is 243 Å². The number of benzene rings is 10. The van der Waals surface area contributed by atoms with Crippen molar-refractivity contribution in [1.29, 1.82) is 0 Å². The van der Waals surface area contributed by atoms with Crippen LogP contribution in [0.5, 0.6) is 0 Å². The lowest BCUT2D eigenvalue weighted by Gasteiger charge is -2.45. The van der Waals surface area contributed by atoms with Gasteiger partial charge >= 0.3 is 0 Å². The SMILES string of the molecule is Cc1ccc(N2c3ccc(N(c4ccccc4)c4ccccc4)cc3B3c4cc(N(c5ccccc5)c5ccccc5)ccc4N(c4ccc(C)cc4)c4cc(-c5ccc(F)cc5)cc2c43)cc1. The molecule has 0 atom stereocenters. The molecule has 0 aliphatic carbocycles. The first-order valence-corrected chi connectivity index (χ1v) is 23.2. The van der Waals surface area contributed by atoms with Crippen LogP contribution in [0.3, 0.4) is 0 Å². The van der Waals surface area contributed by atoms with Crippen molar-refractivity contribution in [1.82, 2.24) is 0 Å². The van der Waals surface area contributed by atoms with E-state index in [0.717, 1.165) is 79.4 Å². The van der Waals surface area contributed by atoms with E-state index < -0.39 is 0 Å². The van der Waals surface area contributed by atoms with Crippen molar-refractivity contribution in [3.8, 4) is 11.1 Å². The van der Waals surface area contributed by atoms with Gasteiger partial charge in [-0.05, 0) is 175 Å². The molecule has 324 valence electrons. The lowest BCUT2D eigenvalue weighted by molar-refractivity contribution is 0.628. The molecule has 68 heavy (non-hydrogen) atoms. The molecule has 0 N–H and O–H groups in total. The third-order valence-electron chi connectivity index (χ3n) is 13.4. The molecule has 10 aromatic rings. The number of rotatable bonds is 9. The summed E-state index contributed by atoms with van der Waals surface area (Å²) < 4.78 is 14.6. The Morgan fingerprint density at radius 1 is 0.338 bits per heavy atom. The van der Waals surface area contributed by atoms with E-state index in [2.05, 4.69) is 252 Å². The molecule has 0 fully saturated rings. The van der Waals surface area contributed by atoms with Gasteiger partial charge in [-0.2, -0.15) is 0 Å². The highest BCUT2D eigenvalue weighted by Gasteiger charge is 2.44. The van der Waals surface area contributed by atoms with Gasteiger partial charge in [0.05, 0.1) is 0 Å². The van der Waals surface area contributed by atoms with Crippen molar-refractivity contribution in [2.24, 2.45) is 0 Å². The van der Waals surface area contributed by atoms with Crippen molar-refractivity contribution in [2.75, 3.05) is 19.6 Å². The van der Waals surface area contributed by atoms with Gasteiger partial charge in [-0.15, -0.1) is 0 Å². The lowest BCUT2D eigenvalue weighted by Crippen LogP contribution is -2.61. The number of fused-ring (bicyclic) bond motifs is 4. The molecule has 2 heterocycles. The first-order valence-electron chi connectivity index (χ1n) is 23.2. The van der Waals surface area contributed by atoms with Gasteiger partial charge in [0.25, 0.3) is 6.71 Å². The third-order valence-corrected chi connectivity index (χ3v) is 13.4. The summed E-state index contributed by atoms with van der Waals surface area (Å²) >= 11 is 0. The van der Waals surface area contributed by atoms with E-state index in [-0.39, 0.29) is 12.5 Å². The van der Waals surface area contributed by atoms with Crippen LogP contribution in [0.1, 0.15) is 11.1 Å². The molecule has 0 saturated carbocycles. The second-order valence-corrected chi connectivity index (χ2v) is 17.7. The number of hydrogen-bond donors (Lipinski definition) is 0. The average Bonchev–Trinajstić information content (AvgIpc) is 3.38. The number of para-hydroxylation sites is 4. The maximum Gasteiger partial charge on any atom is 0.252 e. The summed E-state index contributed by atoms with van der Waals surface area (Å²) in [7, 11) is 0. The molecule has 0 aromatic heterocycles. The minimum absolute atomic E-state index is 0.197. The molecular formula is C62H46BFN4. The van der Waals surface area contributed by atoms with Gasteiger partial charge in [0.15, 0.2) is 0 Å². The molecule has 6 heteroatoms. The molecule has 2 aliphatic heterocycles. The molecule has 0 radical (unpaired) electrons. The minimum atomic E-state index is -0.259. The summed E-state index contributed by atoms with van der Waals surface area (Å²) in [5.41, 5.74) is 20.8. The summed E-state index contributed by atoms with van der Waals surface area (Å²) in [5.74, 6) is -0.259. The Kier molecular flexibility index (Phi) is 10.2. The normalized spacial score (nSPS) is 12.2. The minimum Gasteiger partial charge on any atom is -0.311 e. The molecule has 0 unspecified atom stereocenters. The van der Waals surface area contributed by atoms with Crippen molar-refractivity contribution in [3.05, 3.63) is 260 Å². The number of anilines is 12.